The summed E-state index contributed by atoms with van der Waals surface area (Å²) in [4.78, 5) is 12.1. The van der Waals surface area contributed by atoms with Gasteiger partial charge >= 0.3 is 5.97 Å². The van der Waals surface area contributed by atoms with Gasteiger partial charge in [0.1, 0.15) is 5.60 Å². The molecule has 0 aliphatic heterocycles. The molecule has 0 N–H and O–H groups in total. The SMILES string of the molecule is CC(C)(C)OC(=O)C(C#N)(C#N)Cc1ccccc1. The fourth-order valence-corrected chi connectivity index (χ4v) is 1.53. The third-order valence-electron chi connectivity index (χ3n) is 2.44. The Morgan fingerprint density at radius 3 is 2.11 bits per heavy atom. The van der Waals surface area contributed by atoms with Gasteiger partial charge in [0.15, 0.2) is 0 Å². The van der Waals surface area contributed by atoms with Gasteiger partial charge in [-0.25, -0.2) is 4.79 Å². The minimum absolute atomic E-state index is 0.0236. The van der Waals surface area contributed by atoms with E-state index in [-0.39, 0.29) is 6.42 Å². The van der Waals surface area contributed by atoms with Crippen molar-refractivity contribution in [2.75, 3.05) is 0 Å². The Kier molecular flexibility index (Phi) is 4.30. The van der Waals surface area contributed by atoms with E-state index in [4.69, 9.17) is 4.74 Å². The maximum absolute atomic E-state index is 12.1. The summed E-state index contributed by atoms with van der Waals surface area (Å²) in [5.74, 6) is -0.797. The van der Waals surface area contributed by atoms with Crippen LogP contribution in [0.1, 0.15) is 26.3 Å². The third kappa shape index (κ3) is 3.82. The van der Waals surface area contributed by atoms with Crippen molar-refractivity contribution in [2.45, 2.75) is 32.8 Å². The molecule has 0 aliphatic carbocycles. The molecule has 1 rings (SSSR count). The van der Waals surface area contributed by atoms with E-state index in [0.717, 1.165) is 5.56 Å². The first-order valence-electron chi connectivity index (χ1n) is 5.93. The molecule has 0 saturated carbocycles. The van der Waals surface area contributed by atoms with Crippen LogP contribution in [0.3, 0.4) is 0 Å². The number of rotatable bonds is 3. The average molecular weight is 256 g/mol. The van der Waals surface area contributed by atoms with Crippen LogP contribution < -0.4 is 0 Å². The van der Waals surface area contributed by atoms with Crippen LogP contribution in [0.15, 0.2) is 30.3 Å². The van der Waals surface area contributed by atoms with Gasteiger partial charge in [-0.1, -0.05) is 30.3 Å². The predicted octanol–water partition coefficient (Wildman–Crippen LogP) is 2.60. The zero-order valence-corrected chi connectivity index (χ0v) is 11.3. The zero-order chi connectivity index (χ0) is 14.5. The molecule has 4 nitrogen and oxygen atoms in total. The fraction of sp³-hybridized carbons (Fsp3) is 0.400. The van der Waals surface area contributed by atoms with Crippen molar-refractivity contribution in [2.24, 2.45) is 5.41 Å². The van der Waals surface area contributed by atoms with E-state index < -0.39 is 17.0 Å². The highest BCUT2D eigenvalue weighted by Gasteiger charge is 2.43. The number of benzene rings is 1. The topological polar surface area (TPSA) is 73.9 Å². The van der Waals surface area contributed by atoms with E-state index in [2.05, 4.69) is 0 Å². The van der Waals surface area contributed by atoms with E-state index in [1.165, 1.54) is 0 Å². The number of nitriles is 2. The molecule has 0 spiro atoms. The quantitative estimate of drug-likeness (QED) is 0.779. The largest absolute Gasteiger partial charge is 0.458 e. The van der Waals surface area contributed by atoms with Crippen LogP contribution in [0.25, 0.3) is 0 Å². The van der Waals surface area contributed by atoms with Crippen molar-refractivity contribution in [3.63, 3.8) is 0 Å². The standard InChI is InChI=1S/C15H16N2O2/c1-14(2,3)19-13(18)15(10-16,11-17)9-12-7-5-4-6-8-12/h4-8H,9H2,1-3H3. The van der Waals surface area contributed by atoms with E-state index >= 15 is 0 Å². The molecule has 98 valence electrons. The van der Waals surface area contributed by atoms with Crippen LogP contribution in [0.5, 0.6) is 0 Å². The van der Waals surface area contributed by atoms with Gasteiger partial charge in [-0.15, -0.1) is 0 Å². The minimum atomic E-state index is -1.80. The Balaban J connectivity index is 3.03. The summed E-state index contributed by atoms with van der Waals surface area (Å²) in [5.41, 5.74) is -1.78. The molecule has 4 heteroatoms. The van der Waals surface area contributed by atoms with Gasteiger partial charge in [0.25, 0.3) is 0 Å². The van der Waals surface area contributed by atoms with E-state index in [1.807, 2.05) is 6.07 Å². The molecule has 0 radical (unpaired) electrons. The third-order valence-corrected chi connectivity index (χ3v) is 2.44. The van der Waals surface area contributed by atoms with Gasteiger partial charge in [-0.05, 0) is 26.3 Å². The van der Waals surface area contributed by atoms with Crippen LogP contribution in [-0.2, 0) is 16.0 Å². The monoisotopic (exact) mass is 256 g/mol. The number of hydrogen-bond donors (Lipinski definition) is 0. The number of carbonyl (C=O) groups is 1. The highest BCUT2D eigenvalue weighted by molar-refractivity contribution is 5.84. The van der Waals surface area contributed by atoms with E-state index in [1.54, 1.807) is 57.2 Å². The maximum Gasteiger partial charge on any atom is 0.342 e. The summed E-state index contributed by atoms with van der Waals surface area (Å²) < 4.78 is 5.17. The molecule has 0 aliphatic rings. The van der Waals surface area contributed by atoms with Crippen molar-refractivity contribution in [3.8, 4) is 12.1 Å². The molecule has 0 fully saturated rings. The summed E-state index contributed by atoms with van der Waals surface area (Å²) >= 11 is 0. The second kappa shape index (κ2) is 5.54. The Bertz CT molecular complexity index is 516. The maximum atomic E-state index is 12.1. The zero-order valence-electron chi connectivity index (χ0n) is 11.3. The lowest BCUT2D eigenvalue weighted by atomic mass is 9.84. The number of esters is 1. The van der Waals surface area contributed by atoms with Crippen molar-refractivity contribution >= 4 is 5.97 Å². The Morgan fingerprint density at radius 1 is 1.16 bits per heavy atom. The lowest BCUT2D eigenvalue weighted by Gasteiger charge is -2.25. The van der Waals surface area contributed by atoms with Gasteiger partial charge < -0.3 is 4.74 Å². The van der Waals surface area contributed by atoms with Crippen LogP contribution in [0.2, 0.25) is 0 Å². The second-order valence-electron chi connectivity index (χ2n) is 5.29. The molecule has 0 saturated heterocycles. The number of carbonyl (C=O) groups excluding carboxylic acids is 1. The summed E-state index contributed by atoms with van der Waals surface area (Å²) in [6.45, 7) is 5.10. The first kappa shape index (κ1) is 14.7. The van der Waals surface area contributed by atoms with Gasteiger partial charge in [0, 0.05) is 6.42 Å². The van der Waals surface area contributed by atoms with Gasteiger partial charge in [0.05, 0.1) is 12.1 Å². The van der Waals surface area contributed by atoms with Gasteiger partial charge in [-0.3, -0.25) is 0 Å². The van der Waals surface area contributed by atoms with E-state index in [0.29, 0.717) is 0 Å². The van der Waals surface area contributed by atoms with Crippen molar-refractivity contribution in [1.29, 1.82) is 10.5 Å². The lowest BCUT2D eigenvalue weighted by Crippen LogP contribution is -2.37. The van der Waals surface area contributed by atoms with Crippen molar-refractivity contribution in [1.82, 2.24) is 0 Å². The molecule has 19 heavy (non-hydrogen) atoms. The summed E-state index contributed by atoms with van der Waals surface area (Å²) in [7, 11) is 0. The summed E-state index contributed by atoms with van der Waals surface area (Å²) in [6.07, 6.45) is 0.0236. The minimum Gasteiger partial charge on any atom is -0.458 e. The number of hydrogen-bond acceptors (Lipinski definition) is 4. The molecule has 0 amide bonds. The smallest absolute Gasteiger partial charge is 0.342 e. The van der Waals surface area contributed by atoms with Crippen LogP contribution in [-0.4, -0.2) is 11.6 Å². The fourth-order valence-electron chi connectivity index (χ4n) is 1.53. The average Bonchev–Trinajstić information content (AvgIpc) is 2.35. The highest BCUT2D eigenvalue weighted by Crippen LogP contribution is 2.26. The molecule has 0 atom stereocenters. The molecule has 0 aromatic heterocycles. The van der Waals surface area contributed by atoms with E-state index in [9.17, 15) is 15.3 Å². The lowest BCUT2D eigenvalue weighted by molar-refractivity contribution is -0.161. The molecule has 0 bridgehead atoms. The summed E-state index contributed by atoms with van der Waals surface area (Å²) in [6, 6.07) is 12.6. The van der Waals surface area contributed by atoms with Crippen LogP contribution >= 0.6 is 0 Å². The number of nitrogens with zero attached hydrogens (tertiary/aromatic N) is 2. The first-order chi connectivity index (χ1) is 8.83. The van der Waals surface area contributed by atoms with Gasteiger partial charge in [0.2, 0.25) is 5.41 Å². The molecular weight excluding hydrogens is 240 g/mol. The molecule has 1 aromatic carbocycles. The summed E-state index contributed by atoms with van der Waals surface area (Å²) in [5, 5.41) is 18.5. The Labute approximate surface area is 113 Å². The Morgan fingerprint density at radius 2 is 1.68 bits per heavy atom. The molecule has 0 unspecified atom stereocenters. The first-order valence-corrected chi connectivity index (χ1v) is 5.93. The normalized spacial score (nSPS) is 11.2. The molecule has 1 aromatic rings. The van der Waals surface area contributed by atoms with Crippen LogP contribution in [0, 0.1) is 28.1 Å². The van der Waals surface area contributed by atoms with Crippen molar-refractivity contribution < 1.29 is 9.53 Å². The highest BCUT2D eigenvalue weighted by atomic mass is 16.6. The molecule has 0 heterocycles. The Hall–Kier alpha value is -2.33. The van der Waals surface area contributed by atoms with Crippen molar-refractivity contribution in [3.05, 3.63) is 35.9 Å². The molecular formula is C15H16N2O2. The second-order valence-corrected chi connectivity index (χ2v) is 5.29. The van der Waals surface area contributed by atoms with Crippen LogP contribution in [0.4, 0.5) is 0 Å². The van der Waals surface area contributed by atoms with Gasteiger partial charge in [-0.2, -0.15) is 10.5 Å². The number of ether oxygens (including phenoxy) is 1. The predicted molar refractivity (Wildman–Crippen MR) is 69.7 cm³/mol.